The van der Waals surface area contributed by atoms with Crippen molar-refractivity contribution in [2.45, 2.75) is 32.4 Å². The third-order valence-electron chi connectivity index (χ3n) is 4.62. The van der Waals surface area contributed by atoms with Gasteiger partial charge in [-0.25, -0.2) is 9.59 Å². The first-order chi connectivity index (χ1) is 14.0. The summed E-state index contributed by atoms with van der Waals surface area (Å²) < 4.78 is 10.8. The fourth-order valence-corrected chi connectivity index (χ4v) is 3.39. The van der Waals surface area contributed by atoms with Crippen LogP contribution in [0.1, 0.15) is 36.9 Å². The van der Waals surface area contributed by atoms with Crippen molar-refractivity contribution in [3.05, 3.63) is 76.0 Å². The summed E-state index contributed by atoms with van der Waals surface area (Å²) in [6.07, 6.45) is 1.37. The standard InChI is InChI=1S/C22H23ClN2O4/c1-3-6-18-19(21(26)28-2)20(25-22(27)24-18)14-9-11-16(12-10-14)29-13-15-7-4-5-8-17(15)23/h4-5,7-12,20H,3,6,13H2,1-2H3,(H2,24,25,27). The Morgan fingerprint density at radius 1 is 1.14 bits per heavy atom. The predicted octanol–water partition coefficient (Wildman–Crippen LogP) is 4.50. The third kappa shape index (κ3) is 4.90. The number of urea groups is 1. The van der Waals surface area contributed by atoms with Gasteiger partial charge in [0.1, 0.15) is 12.4 Å². The lowest BCUT2D eigenvalue weighted by molar-refractivity contribution is -0.136. The second kappa shape index (κ2) is 9.47. The van der Waals surface area contributed by atoms with Gasteiger partial charge in [-0.2, -0.15) is 0 Å². The van der Waals surface area contributed by atoms with Gasteiger partial charge in [0.2, 0.25) is 0 Å². The predicted molar refractivity (Wildman–Crippen MR) is 111 cm³/mol. The normalized spacial score (nSPS) is 16.1. The largest absolute Gasteiger partial charge is 0.489 e. The Bertz CT molecular complexity index is 925. The molecule has 2 N–H and O–H groups in total. The van der Waals surface area contributed by atoms with Crippen LogP contribution in [0, 0.1) is 0 Å². The zero-order chi connectivity index (χ0) is 20.8. The van der Waals surface area contributed by atoms with Gasteiger partial charge in [0.25, 0.3) is 0 Å². The molecule has 1 unspecified atom stereocenters. The number of amides is 2. The number of halogens is 1. The minimum absolute atomic E-state index is 0.342. The van der Waals surface area contributed by atoms with Crippen molar-refractivity contribution in [2.24, 2.45) is 0 Å². The van der Waals surface area contributed by atoms with Gasteiger partial charge in [-0.15, -0.1) is 0 Å². The molecular formula is C22H23ClN2O4. The molecule has 152 valence electrons. The molecule has 7 heteroatoms. The van der Waals surface area contributed by atoms with E-state index in [-0.39, 0.29) is 6.03 Å². The number of rotatable bonds is 7. The lowest BCUT2D eigenvalue weighted by Gasteiger charge is -2.29. The average molecular weight is 415 g/mol. The summed E-state index contributed by atoms with van der Waals surface area (Å²) in [5, 5.41) is 6.18. The molecule has 1 atom stereocenters. The molecular weight excluding hydrogens is 392 g/mol. The number of hydrogen-bond donors (Lipinski definition) is 2. The van der Waals surface area contributed by atoms with E-state index in [4.69, 9.17) is 21.1 Å². The van der Waals surface area contributed by atoms with Crippen LogP contribution in [0.5, 0.6) is 5.75 Å². The molecule has 1 aliphatic rings. The van der Waals surface area contributed by atoms with Gasteiger partial charge < -0.3 is 20.1 Å². The minimum Gasteiger partial charge on any atom is -0.489 e. The maximum atomic E-state index is 12.4. The van der Waals surface area contributed by atoms with Crippen LogP contribution >= 0.6 is 11.6 Å². The van der Waals surface area contributed by atoms with E-state index in [1.807, 2.05) is 43.3 Å². The maximum Gasteiger partial charge on any atom is 0.337 e. The number of hydrogen-bond acceptors (Lipinski definition) is 4. The highest BCUT2D eigenvalue weighted by atomic mass is 35.5. The molecule has 1 aliphatic heterocycles. The number of carbonyl (C=O) groups is 2. The molecule has 1 heterocycles. The van der Waals surface area contributed by atoms with E-state index in [9.17, 15) is 9.59 Å². The Hall–Kier alpha value is -2.99. The van der Waals surface area contributed by atoms with E-state index in [1.54, 1.807) is 12.1 Å². The number of carbonyl (C=O) groups excluding carboxylic acids is 2. The van der Waals surface area contributed by atoms with Gasteiger partial charge in [-0.1, -0.05) is 55.3 Å². The van der Waals surface area contributed by atoms with Gasteiger partial charge in [0, 0.05) is 16.3 Å². The van der Waals surface area contributed by atoms with Crippen LogP contribution in [0.4, 0.5) is 4.79 Å². The van der Waals surface area contributed by atoms with E-state index >= 15 is 0 Å². The topological polar surface area (TPSA) is 76.7 Å². The van der Waals surface area contributed by atoms with Gasteiger partial charge in [-0.05, 0) is 30.2 Å². The molecule has 0 radical (unpaired) electrons. The number of methoxy groups -OCH3 is 1. The van der Waals surface area contributed by atoms with Crippen molar-refractivity contribution < 1.29 is 19.1 Å². The number of allylic oxidation sites excluding steroid dienone is 1. The first kappa shape index (κ1) is 20.7. The van der Waals surface area contributed by atoms with Crippen LogP contribution in [0.2, 0.25) is 5.02 Å². The Morgan fingerprint density at radius 2 is 1.86 bits per heavy atom. The van der Waals surface area contributed by atoms with Crippen molar-refractivity contribution in [2.75, 3.05) is 7.11 Å². The fourth-order valence-electron chi connectivity index (χ4n) is 3.20. The Balaban J connectivity index is 1.81. The molecule has 0 bridgehead atoms. The van der Waals surface area contributed by atoms with Crippen LogP contribution in [0.3, 0.4) is 0 Å². The zero-order valence-electron chi connectivity index (χ0n) is 16.3. The van der Waals surface area contributed by atoms with E-state index in [1.165, 1.54) is 7.11 Å². The van der Waals surface area contributed by atoms with Gasteiger partial charge >= 0.3 is 12.0 Å². The van der Waals surface area contributed by atoms with Crippen molar-refractivity contribution in [1.29, 1.82) is 0 Å². The summed E-state index contributed by atoms with van der Waals surface area (Å²) in [5.74, 6) is 0.191. The number of ether oxygens (including phenoxy) is 2. The SMILES string of the molecule is CCCC1=C(C(=O)OC)C(c2ccc(OCc3ccccc3Cl)cc2)NC(=O)N1. The lowest BCUT2D eigenvalue weighted by atomic mass is 9.94. The van der Waals surface area contributed by atoms with Crippen LogP contribution in [0.15, 0.2) is 59.8 Å². The molecule has 3 rings (SSSR count). The van der Waals surface area contributed by atoms with Crippen molar-refractivity contribution in [1.82, 2.24) is 10.6 Å². The molecule has 2 aromatic carbocycles. The molecule has 0 saturated heterocycles. The van der Waals surface area contributed by atoms with E-state index in [2.05, 4.69) is 10.6 Å². The number of benzene rings is 2. The summed E-state index contributed by atoms with van der Waals surface area (Å²) in [6.45, 7) is 2.33. The summed E-state index contributed by atoms with van der Waals surface area (Å²) in [7, 11) is 1.33. The van der Waals surface area contributed by atoms with E-state index < -0.39 is 12.0 Å². The van der Waals surface area contributed by atoms with Gasteiger partial charge in [0.15, 0.2) is 0 Å². The third-order valence-corrected chi connectivity index (χ3v) is 4.99. The monoisotopic (exact) mass is 414 g/mol. The van der Waals surface area contributed by atoms with E-state index in [0.717, 1.165) is 17.5 Å². The minimum atomic E-state index is -0.588. The highest BCUT2D eigenvalue weighted by Crippen LogP contribution is 2.30. The smallest absolute Gasteiger partial charge is 0.337 e. The quantitative estimate of drug-likeness (QED) is 0.654. The Labute approximate surface area is 174 Å². The number of nitrogens with one attached hydrogen (secondary N) is 2. The highest BCUT2D eigenvalue weighted by molar-refractivity contribution is 6.31. The number of esters is 1. The second-order valence-electron chi connectivity index (χ2n) is 6.61. The first-order valence-corrected chi connectivity index (χ1v) is 9.76. The van der Waals surface area contributed by atoms with Crippen LogP contribution in [-0.2, 0) is 16.1 Å². The van der Waals surface area contributed by atoms with Crippen LogP contribution < -0.4 is 15.4 Å². The molecule has 0 saturated carbocycles. The van der Waals surface area contributed by atoms with Crippen molar-refractivity contribution in [3.8, 4) is 5.75 Å². The lowest BCUT2D eigenvalue weighted by Crippen LogP contribution is -2.45. The molecule has 0 spiro atoms. The average Bonchev–Trinajstić information content (AvgIpc) is 2.73. The van der Waals surface area contributed by atoms with Crippen LogP contribution in [0.25, 0.3) is 0 Å². The maximum absolute atomic E-state index is 12.4. The summed E-state index contributed by atoms with van der Waals surface area (Å²) in [5.41, 5.74) is 2.66. The van der Waals surface area contributed by atoms with Crippen molar-refractivity contribution >= 4 is 23.6 Å². The van der Waals surface area contributed by atoms with Gasteiger partial charge in [-0.3, -0.25) is 0 Å². The fraction of sp³-hybridized carbons (Fsp3) is 0.273. The zero-order valence-corrected chi connectivity index (χ0v) is 17.1. The molecule has 0 fully saturated rings. The molecule has 2 amide bonds. The summed E-state index contributed by atoms with van der Waals surface area (Å²) >= 11 is 6.15. The second-order valence-corrected chi connectivity index (χ2v) is 7.02. The molecule has 0 aliphatic carbocycles. The Morgan fingerprint density at radius 3 is 2.52 bits per heavy atom. The molecule has 2 aromatic rings. The molecule has 29 heavy (non-hydrogen) atoms. The molecule has 6 nitrogen and oxygen atoms in total. The summed E-state index contributed by atoms with van der Waals surface area (Å²) in [4.78, 5) is 24.5. The summed E-state index contributed by atoms with van der Waals surface area (Å²) in [6, 6.07) is 13.8. The molecule has 0 aromatic heterocycles. The van der Waals surface area contributed by atoms with E-state index in [0.29, 0.717) is 35.1 Å². The Kier molecular flexibility index (Phi) is 6.77. The highest BCUT2D eigenvalue weighted by Gasteiger charge is 2.33. The van der Waals surface area contributed by atoms with Crippen LogP contribution in [-0.4, -0.2) is 19.1 Å². The van der Waals surface area contributed by atoms with Gasteiger partial charge in [0.05, 0.1) is 18.7 Å². The first-order valence-electron chi connectivity index (χ1n) is 9.38. The van der Waals surface area contributed by atoms with Crippen molar-refractivity contribution in [3.63, 3.8) is 0 Å².